The lowest BCUT2D eigenvalue weighted by atomic mass is 10.1. The van der Waals surface area contributed by atoms with E-state index >= 15 is 0 Å². The standard InChI is InChI=1S/C13H18O3/c1-13(2,3)16-15-12(14)11-9-7-5-4-6-8-10-11/h4-5,7-11H,6H2,1-3H3/b5-4-,9-7-,10-8?. The van der Waals surface area contributed by atoms with Crippen LogP contribution in [0, 0.1) is 5.92 Å². The molecule has 0 saturated heterocycles. The van der Waals surface area contributed by atoms with Gasteiger partial charge in [0.2, 0.25) is 0 Å². The summed E-state index contributed by atoms with van der Waals surface area (Å²) in [5.74, 6) is -0.759. The van der Waals surface area contributed by atoms with Crippen LogP contribution in [0.15, 0.2) is 36.5 Å². The summed E-state index contributed by atoms with van der Waals surface area (Å²) in [6.45, 7) is 5.48. The van der Waals surface area contributed by atoms with Gasteiger partial charge in [-0.25, -0.2) is 4.79 Å². The lowest BCUT2D eigenvalue weighted by Gasteiger charge is -2.17. The molecule has 1 atom stereocenters. The highest BCUT2D eigenvalue weighted by Gasteiger charge is 2.19. The van der Waals surface area contributed by atoms with Gasteiger partial charge in [0.05, 0.1) is 5.92 Å². The van der Waals surface area contributed by atoms with Gasteiger partial charge in [0.1, 0.15) is 5.60 Å². The molecule has 3 nitrogen and oxygen atoms in total. The van der Waals surface area contributed by atoms with Crippen molar-refractivity contribution in [2.24, 2.45) is 5.92 Å². The van der Waals surface area contributed by atoms with Crippen molar-refractivity contribution in [2.45, 2.75) is 32.8 Å². The second-order valence-electron chi connectivity index (χ2n) is 4.60. The van der Waals surface area contributed by atoms with Gasteiger partial charge in [-0.1, -0.05) is 36.5 Å². The van der Waals surface area contributed by atoms with Gasteiger partial charge in [-0.05, 0) is 27.2 Å². The Kier molecular flexibility index (Phi) is 4.50. The summed E-state index contributed by atoms with van der Waals surface area (Å²) in [7, 11) is 0. The number of carbonyl (C=O) groups excluding carboxylic acids is 1. The third kappa shape index (κ3) is 4.94. The zero-order valence-electron chi connectivity index (χ0n) is 9.97. The topological polar surface area (TPSA) is 35.5 Å². The van der Waals surface area contributed by atoms with Crippen molar-refractivity contribution < 1.29 is 14.6 Å². The summed E-state index contributed by atoms with van der Waals surface area (Å²) in [6.07, 6.45) is 12.1. The summed E-state index contributed by atoms with van der Waals surface area (Å²) < 4.78 is 0. The molecule has 3 heteroatoms. The van der Waals surface area contributed by atoms with Crippen molar-refractivity contribution in [1.29, 1.82) is 0 Å². The molecule has 0 spiro atoms. The number of carbonyl (C=O) groups is 1. The number of hydrogen-bond donors (Lipinski definition) is 0. The van der Waals surface area contributed by atoms with Gasteiger partial charge in [-0.15, -0.1) is 0 Å². The molecular formula is C13H18O3. The van der Waals surface area contributed by atoms with E-state index < -0.39 is 11.6 Å². The van der Waals surface area contributed by atoms with Gasteiger partial charge >= 0.3 is 5.97 Å². The first-order valence-corrected chi connectivity index (χ1v) is 5.38. The molecule has 0 bridgehead atoms. The van der Waals surface area contributed by atoms with Crippen LogP contribution in [0.25, 0.3) is 0 Å². The SMILES string of the molecule is CC(C)(C)OOC(=O)C1C=CC/C=C\C=C/1. The Balaban J connectivity index is 2.53. The lowest BCUT2D eigenvalue weighted by molar-refractivity contribution is -0.321. The molecule has 1 rings (SSSR count). The Bertz CT molecular complexity index is 319. The maximum absolute atomic E-state index is 11.6. The third-order valence-corrected chi connectivity index (χ3v) is 1.83. The molecule has 0 aromatic rings. The molecular weight excluding hydrogens is 204 g/mol. The normalized spacial score (nSPS) is 24.3. The van der Waals surface area contributed by atoms with Crippen molar-refractivity contribution in [2.75, 3.05) is 0 Å². The summed E-state index contributed by atoms with van der Waals surface area (Å²) in [5, 5.41) is 0. The lowest BCUT2D eigenvalue weighted by Crippen LogP contribution is -2.24. The molecule has 16 heavy (non-hydrogen) atoms. The fourth-order valence-electron chi connectivity index (χ4n) is 1.09. The van der Waals surface area contributed by atoms with E-state index in [1.165, 1.54) is 0 Å². The first-order valence-electron chi connectivity index (χ1n) is 5.38. The molecule has 0 aliphatic heterocycles. The van der Waals surface area contributed by atoms with Crippen molar-refractivity contribution >= 4 is 5.97 Å². The van der Waals surface area contributed by atoms with E-state index in [2.05, 4.69) is 0 Å². The smallest absolute Gasteiger partial charge is 0.297 e. The molecule has 0 radical (unpaired) electrons. The van der Waals surface area contributed by atoms with Crippen LogP contribution in [-0.4, -0.2) is 11.6 Å². The zero-order valence-corrected chi connectivity index (χ0v) is 9.97. The van der Waals surface area contributed by atoms with Gasteiger partial charge in [0, 0.05) is 0 Å². The van der Waals surface area contributed by atoms with Crippen LogP contribution in [0.3, 0.4) is 0 Å². The van der Waals surface area contributed by atoms with Crippen LogP contribution in [0.4, 0.5) is 0 Å². The van der Waals surface area contributed by atoms with E-state index in [0.717, 1.165) is 6.42 Å². The average Bonchev–Trinajstić information content (AvgIpc) is 2.12. The first kappa shape index (κ1) is 12.7. The Morgan fingerprint density at radius 2 is 1.94 bits per heavy atom. The van der Waals surface area contributed by atoms with Crippen molar-refractivity contribution in [3.8, 4) is 0 Å². The van der Waals surface area contributed by atoms with E-state index in [-0.39, 0.29) is 5.92 Å². The minimum atomic E-state index is -0.482. The maximum atomic E-state index is 11.6. The Labute approximate surface area is 96.4 Å². The molecule has 0 heterocycles. The minimum Gasteiger partial charge on any atom is -0.297 e. The summed E-state index contributed by atoms with van der Waals surface area (Å²) in [4.78, 5) is 21.4. The van der Waals surface area contributed by atoms with Gasteiger partial charge in [0.25, 0.3) is 0 Å². The Morgan fingerprint density at radius 1 is 1.19 bits per heavy atom. The predicted octanol–water partition coefficient (Wildman–Crippen LogP) is 2.95. The van der Waals surface area contributed by atoms with E-state index in [0.29, 0.717) is 0 Å². The molecule has 1 aliphatic carbocycles. The van der Waals surface area contributed by atoms with Gasteiger partial charge in [0.15, 0.2) is 0 Å². The molecule has 0 aromatic heterocycles. The monoisotopic (exact) mass is 222 g/mol. The van der Waals surface area contributed by atoms with Crippen molar-refractivity contribution in [3.63, 3.8) is 0 Å². The molecule has 1 unspecified atom stereocenters. The Hall–Kier alpha value is -1.35. The quantitative estimate of drug-likeness (QED) is 0.409. The second-order valence-corrected chi connectivity index (χ2v) is 4.60. The number of hydrogen-bond acceptors (Lipinski definition) is 3. The van der Waals surface area contributed by atoms with Crippen LogP contribution >= 0.6 is 0 Å². The highest BCUT2D eigenvalue weighted by atomic mass is 17.2. The molecule has 88 valence electrons. The molecule has 0 saturated carbocycles. The zero-order chi connectivity index (χ0) is 12.0. The first-order chi connectivity index (χ1) is 7.49. The third-order valence-electron chi connectivity index (χ3n) is 1.83. The van der Waals surface area contributed by atoms with E-state index in [1.54, 1.807) is 6.08 Å². The molecule has 1 aliphatic rings. The van der Waals surface area contributed by atoms with Gasteiger partial charge in [-0.3, -0.25) is 4.89 Å². The second kappa shape index (κ2) is 5.66. The van der Waals surface area contributed by atoms with E-state index in [4.69, 9.17) is 9.78 Å². The minimum absolute atomic E-state index is 0.368. The van der Waals surface area contributed by atoms with Crippen molar-refractivity contribution in [3.05, 3.63) is 36.5 Å². The van der Waals surface area contributed by atoms with Crippen LogP contribution in [0.2, 0.25) is 0 Å². The summed E-state index contributed by atoms with van der Waals surface area (Å²) in [5.41, 5.74) is -0.482. The largest absolute Gasteiger partial charge is 0.352 e. The maximum Gasteiger partial charge on any atom is 0.352 e. The fraction of sp³-hybridized carbons (Fsp3) is 0.462. The molecule has 0 amide bonds. The molecule has 0 N–H and O–H groups in total. The Morgan fingerprint density at radius 3 is 2.62 bits per heavy atom. The predicted molar refractivity (Wildman–Crippen MR) is 62.5 cm³/mol. The van der Waals surface area contributed by atoms with Gasteiger partial charge < -0.3 is 0 Å². The van der Waals surface area contributed by atoms with Crippen molar-refractivity contribution in [1.82, 2.24) is 0 Å². The average molecular weight is 222 g/mol. The van der Waals surface area contributed by atoms with Crippen LogP contribution in [-0.2, 0) is 14.6 Å². The van der Waals surface area contributed by atoms with Crippen LogP contribution < -0.4 is 0 Å². The highest BCUT2D eigenvalue weighted by molar-refractivity contribution is 5.76. The fourth-order valence-corrected chi connectivity index (χ4v) is 1.09. The molecule has 0 aromatic carbocycles. The van der Waals surface area contributed by atoms with E-state index in [9.17, 15) is 4.79 Å². The highest BCUT2D eigenvalue weighted by Crippen LogP contribution is 2.12. The van der Waals surface area contributed by atoms with Crippen LogP contribution in [0.1, 0.15) is 27.2 Å². The molecule has 0 fully saturated rings. The van der Waals surface area contributed by atoms with E-state index in [1.807, 2.05) is 51.2 Å². The van der Waals surface area contributed by atoms with Crippen LogP contribution in [0.5, 0.6) is 0 Å². The van der Waals surface area contributed by atoms with Gasteiger partial charge in [-0.2, -0.15) is 4.89 Å². The number of rotatable bonds is 2. The summed E-state index contributed by atoms with van der Waals surface area (Å²) >= 11 is 0. The number of allylic oxidation sites excluding steroid dienone is 4. The summed E-state index contributed by atoms with van der Waals surface area (Å²) in [6, 6.07) is 0.